The number of unbranched alkanes of at least 4 members (excludes halogenated alkanes) is 5. The standard InChI is InChI=1S/C11H19F5O3S.C5H5N/c1-2-3-4-5-6-7-8-9(12)10(13,14)11(15,16)20(17,18)19;1-2-4-6-5-3-1/h9H,2-8H2,1H3,(H,17,18,19);1-5H. The summed E-state index contributed by atoms with van der Waals surface area (Å²) in [4.78, 5) is 3.78. The van der Waals surface area contributed by atoms with E-state index in [1.807, 2.05) is 25.1 Å². The van der Waals surface area contributed by atoms with Gasteiger partial charge >= 0.3 is 21.3 Å². The van der Waals surface area contributed by atoms with Crippen LogP contribution in [0.25, 0.3) is 0 Å². The Morgan fingerprint density at radius 2 is 1.46 bits per heavy atom. The lowest BCUT2D eigenvalue weighted by molar-refractivity contribution is -0.198. The van der Waals surface area contributed by atoms with Gasteiger partial charge < -0.3 is 0 Å². The van der Waals surface area contributed by atoms with Gasteiger partial charge in [0.1, 0.15) is 0 Å². The zero-order valence-corrected chi connectivity index (χ0v) is 15.2. The fourth-order valence-corrected chi connectivity index (χ4v) is 2.42. The van der Waals surface area contributed by atoms with E-state index < -0.39 is 33.9 Å². The monoisotopic (exact) mass is 405 g/mol. The molecule has 0 spiro atoms. The predicted molar refractivity (Wildman–Crippen MR) is 88.6 cm³/mol. The van der Waals surface area contributed by atoms with Crippen LogP contribution in [0.5, 0.6) is 0 Å². The maximum absolute atomic E-state index is 13.2. The molecule has 1 aromatic heterocycles. The maximum Gasteiger partial charge on any atom is 0.434 e. The molecule has 10 heteroatoms. The smallest absolute Gasteiger partial charge is 0.281 e. The average molecular weight is 405 g/mol. The van der Waals surface area contributed by atoms with E-state index in [9.17, 15) is 30.4 Å². The molecule has 0 aromatic carbocycles. The van der Waals surface area contributed by atoms with E-state index in [1.54, 1.807) is 12.4 Å². The number of alkyl halides is 5. The minimum atomic E-state index is -6.37. The molecule has 0 aliphatic rings. The normalized spacial score (nSPS) is 13.7. The maximum atomic E-state index is 13.2. The van der Waals surface area contributed by atoms with Crippen LogP contribution in [0.4, 0.5) is 22.0 Å². The summed E-state index contributed by atoms with van der Waals surface area (Å²) >= 11 is 0. The first-order valence-corrected chi connectivity index (χ1v) is 9.64. The molecular formula is C16H24F5NO3S. The minimum absolute atomic E-state index is 0.0535. The fraction of sp³-hybridized carbons (Fsp3) is 0.688. The molecule has 1 aromatic rings. The highest BCUT2D eigenvalue weighted by atomic mass is 32.2. The molecule has 0 bridgehead atoms. The van der Waals surface area contributed by atoms with Crippen LogP contribution < -0.4 is 0 Å². The summed E-state index contributed by atoms with van der Waals surface area (Å²) in [7, 11) is -6.37. The molecule has 1 atom stereocenters. The van der Waals surface area contributed by atoms with Gasteiger partial charge in [-0.3, -0.25) is 9.54 Å². The highest BCUT2D eigenvalue weighted by molar-refractivity contribution is 7.87. The van der Waals surface area contributed by atoms with Crippen molar-refractivity contribution in [3.05, 3.63) is 30.6 Å². The molecule has 0 radical (unpaired) electrons. The number of hydrogen-bond donors (Lipinski definition) is 1. The molecule has 1 heterocycles. The van der Waals surface area contributed by atoms with E-state index in [0.29, 0.717) is 12.8 Å². The minimum Gasteiger partial charge on any atom is -0.281 e. The third kappa shape index (κ3) is 7.94. The number of rotatable bonds is 10. The van der Waals surface area contributed by atoms with Gasteiger partial charge in [-0.25, -0.2) is 4.39 Å². The quantitative estimate of drug-likeness (QED) is 0.327. The van der Waals surface area contributed by atoms with Gasteiger partial charge in [0.05, 0.1) is 0 Å². The van der Waals surface area contributed by atoms with Crippen LogP contribution in [0.1, 0.15) is 51.9 Å². The van der Waals surface area contributed by atoms with Crippen molar-refractivity contribution >= 4 is 10.1 Å². The zero-order valence-electron chi connectivity index (χ0n) is 14.4. The molecule has 0 fully saturated rings. The molecule has 26 heavy (non-hydrogen) atoms. The van der Waals surface area contributed by atoms with Crippen molar-refractivity contribution in [1.29, 1.82) is 0 Å². The summed E-state index contributed by atoms with van der Waals surface area (Å²) in [5.41, 5.74) is 0. The van der Waals surface area contributed by atoms with Crippen molar-refractivity contribution in [2.75, 3.05) is 0 Å². The summed E-state index contributed by atoms with van der Waals surface area (Å²) in [5.74, 6) is -5.45. The lowest BCUT2D eigenvalue weighted by atomic mass is 10.0. The number of pyridine rings is 1. The molecule has 1 rings (SSSR count). The SMILES string of the molecule is CCCCCCCCC(F)C(F)(F)C(F)(F)S(=O)(=O)O.c1ccncc1. The molecule has 0 saturated carbocycles. The van der Waals surface area contributed by atoms with Crippen LogP contribution in [0.15, 0.2) is 30.6 Å². The number of nitrogens with zero attached hydrogens (tertiary/aromatic N) is 1. The van der Waals surface area contributed by atoms with E-state index in [0.717, 1.165) is 19.3 Å². The Kier molecular flexibility index (Phi) is 10.9. The summed E-state index contributed by atoms with van der Waals surface area (Å²) in [5, 5.41) is -5.83. The largest absolute Gasteiger partial charge is 0.434 e. The van der Waals surface area contributed by atoms with Crippen LogP contribution in [0.3, 0.4) is 0 Å². The second-order valence-corrected chi connectivity index (χ2v) is 7.13. The van der Waals surface area contributed by atoms with Gasteiger partial charge in [0.2, 0.25) is 0 Å². The first kappa shape index (κ1) is 24.7. The topological polar surface area (TPSA) is 67.3 Å². The van der Waals surface area contributed by atoms with Crippen molar-refractivity contribution in [2.24, 2.45) is 0 Å². The van der Waals surface area contributed by atoms with E-state index in [4.69, 9.17) is 4.55 Å². The summed E-state index contributed by atoms with van der Waals surface area (Å²) in [6.07, 6.45) is 3.04. The molecule has 4 nitrogen and oxygen atoms in total. The molecule has 0 amide bonds. The third-order valence-electron chi connectivity index (χ3n) is 3.48. The molecule has 0 saturated heterocycles. The molecule has 152 valence electrons. The Morgan fingerprint density at radius 1 is 0.962 bits per heavy atom. The summed E-state index contributed by atoms with van der Waals surface area (Å²) < 4.78 is 93.4. The number of aromatic nitrogens is 1. The summed E-state index contributed by atoms with van der Waals surface area (Å²) in [6.45, 7) is 1.97. The van der Waals surface area contributed by atoms with Crippen molar-refractivity contribution in [3.8, 4) is 0 Å². The van der Waals surface area contributed by atoms with Gasteiger partial charge in [0.15, 0.2) is 6.17 Å². The molecular weight excluding hydrogens is 381 g/mol. The van der Waals surface area contributed by atoms with Crippen LogP contribution in [-0.4, -0.2) is 35.3 Å². The van der Waals surface area contributed by atoms with Gasteiger partial charge in [-0.05, 0) is 18.6 Å². The first-order valence-electron chi connectivity index (χ1n) is 8.20. The lowest BCUT2D eigenvalue weighted by Crippen LogP contribution is -2.52. The van der Waals surface area contributed by atoms with Crippen molar-refractivity contribution < 1.29 is 34.9 Å². The highest BCUT2D eigenvalue weighted by Gasteiger charge is 2.69. The lowest BCUT2D eigenvalue weighted by Gasteiger charge is -2.26. The van der Waals surface area contributed by atoms with Gasteiger partial charge in [-0.15, -0.1) is 0 Å². The van der Waals surface area contributed by atoms with Gasteiger partial charge in [-0.1, -0.05) is 51.5 Å². The molecule has 1 N–H and O–H groups in total. The zero-order chi connectivity index (χ0) is 20.3. The van der Waals surface area contributed by atoms with Crippen molar-refractivity contribution in [3.63, 3.8) is 0 Å². The van der Waals surface area contributed by atoms with E-state index in [2.05, 4.69) is 4.98 Å². The van der Waals surface area contributed by atoms with Crippen LogP contribution in [0.2, 0.25) is 0 Å². The molecule has 1 unspecified atom stereocenters. The van der Waals surface area contributed by atoms with Crippen LogP contribution in [-0.2, 0) is 10.1 Å². The second-order valence-electron chi connectivity index (χ2n) is 5.66. The second kappa shape index (κ2) is 11.4. The van der Waals surface area contributed by atoms with Crippen molar-refractivity contribution in [1.82, 2.24) is 4.98 Å². The third-order valence-corrected chi connectivity index (χ3v) is 4.40. The van der Waals surface area contributed by atoms with Gasteiger partial charge in [-0.2, -0.15) is 26.0 Å². The first-order chi connectivity index (χ1) is 12.0. The number of halogens is 5. The van der Waals surface area contributed by atoms with Crippen LogP contribution in [0, 0.1) is 0 Å². The Balaban J connectivity index is 0.000000867. The summed E-state index contributed by atoms with van der Waals surface area (Å²) in [6, 6.07) is 5.72. The Hall–Kier alpha value is -1.29. The van der Waals surface area contributed by atoms with E-state index >= 15 is 0 Å². The predicted octanol–water partition coefficient (Wildman–Crippen LogP) is 5.27. The Bertz CT molecular complexity index is 558. The Morgan fingerprint density at radius 3 is 1.85 bits per heavy atom. The molecule has 0 aliphatic heterocycles. The van der Waals surface area contributed by atoms with Gasteiger partial charge in [0, 0.05) is 12.4 Å². The van der Waals surface area contributed by atoms with Gasteiger partial charge in [0.25, 0.3) is 0 Å². The van der Waals surface area contributed by atoms with E-state index in [-0.39, 0.29) is 6.42 Å². The Labute approximate surface area is 150 Å². The fourth-order valence-electron chi connectivity index (χ4n) is 1.95. The van der Waals surface area contributed by atoms with E-state index in [1.165, 1.54) is 0 Å². The van der Waals surface area contributed by atoms with Crippen molar-refractivity contribution in [2.45, 2.75) is 69.2 Å². The highest BCUT2D eigenvalue weighted by Crippen LogP contribution is 2.43. The number of hydrogen-bond acceptors (Lipinski definition) is 3. The molecule has 0 aliphatic carbocycles. The van der Waals surface area contributed by atoms with Crippen LogP contribution >= 0.6 is 0 Å². The average Bonchev–Trinajstić information content (AvgIpc) is 2.58.